The van der Waals surface area contributed by atoms with E-state index in [1.54, 1.807) is 11.3 Å². The number of hydrogen-bond acceptors (Lipinski definition) is 6. The first-order chi connectivity index (χ1) is 14.2. The van der Waals surface area contributed by atoms with Crippen LogP contribution in [0, 0.1) is 0 Å². The lowest BCUT2D eigenvalue weighted by Crippen LogP contribution is -2.41. The van der Waals surface area contributed by atoms with Gasteiger partial charge in [0, 0.05) is 12.5 Å². The molecule has 1 fully saturated rings. The number of nitrogens with zero attached hydrogens (tertiary/aromatic N) is 2. The van der Waals surface area contributed by atoms with Crippen LogP contribution in [0.15, 0.2) is 42.5 Å². The number of thiazole rings is 1. The molecule has 150 valence electrons. The Morgan fingerprint density at radius 2 is 1.97 bits per heavy atom. The first-order valence-electron chi connectivity index (χ1n) is 9.98. The number of fused-ring (bicyclic) bond motifs is 2. The van der Waals surface area contributed by atoms with Crippen LogP contribution in [0.2, 0.25) is 0 Å². The number of carbonyl (C=O) groups is 1. The van der Waals surface area contributed by atoms with E-state index in [0.29, 0.717) is 19.0 Å². The third kappa shape index (κ3) is 4.06. The average Bonchev–Trinajstić information content (AvgIpc) is 3.39. The number of carbonyl (C=O) groups excluding carboxylic acids is 1. The predicted octanol–water partition coefficient (Wildman–Crippen LogP) is 3.52. The van der Waals surface area contributed by atoms with Crippen molar-refractivity contribution in [2.45, 2.75) is 25.3 Å². The van der Waals surface area contributed by atoms with Crippen molar-refractivity contribution in [1.29, 1.82) is 0 Å². The normalized spacial score (nSPS) is 17.0. The summed E-state index contributed by atoms with van der Waals surface area (Å²) in [6.07, 6.45) is 2.10. The Balaban J connectivity index is 1.10. The molecule has 0 radical (unpaired) electrons. The van der Waals surface area contributed by atoms with Gasteiger partial charge in [0.05, 0.1) is 21.8 Å². The summed E-state index contributed by atoms with van der Waals surface area (Å²) >= 11 is 1.81. The maximum atomic E-state index is 12.4. The number of piperidine rings is 1. The van der Waals surface area contributed by atoms with Gasteiger partial charge >= 0.3 is 0 Å². The molecule has 1 amide bonds. The first-order valence-corrected chi connectivity index (χ1v) is 10.8. The Labute approximate surface area is 173 Å². The summed E-state index contributed by atoms with van der Waals surface area (Å²) < 4.78 is 12.0. The second-order valence-electron chi connectivity index (χ2n) is 7.53. The van der Waals surface area contributed by atoms with Gasteiger partial charge in [0.25, 0.3) is 0 Å². The number of hydrogen-bond donors (Lipinski definition) is 1. The number of aromatic nitrogens is 1. The SMILES string of the molecule is O=C(CN1CCC(c2nc3ccccc3s2)CC1)NCc1ccc2c(c1)OCO2. The van der Waals surface area contributed by atoms with Crippen LogP contribution in [0.3, 0.4) is 0 Å². The molecule has 2 aromatic carbocycles. The Hall–Kier alpha value is -2.64. The van der Waals surface area contributed by atoms with Crippen molar-refractivity contribution in [2.24, 2.45) is 0 Å². The van der Waals surface area contributed by atoms with Gasteiger partial charge in [0.15, 0.2) is 11.5 Å². The van der Waals surface area contributed by atoms with Crippen molar-refractivity contribution in [3.8, 4) is 11.5 Å². The van der Waals surface area contributed by atoms with Crippen LogP contribution in [-0.2, 0) is 11.3 Å². The minimum Gasteiger partial charge on any atom is -0.454 e. The fraction of sp³-hybridized carbons (Fsp3) is 0.364. The van der Waals surface area contributed by atoms with Crippen LogP contribution in [-0.4, -0.2) is 42.2 Å². The van der Waals surface area contributed by atoms with E-state index in [9.17, 15) is 4.79 Å². The predicted molar refractivity (Wildman–Crippen MR) is 112 cm³/mol. The van der Waals surface area contributed by atoms with Gasteiger partial charge in [-0.15, -0.1) is 11.3 Å². The Bertz CT molecular complexity index is 994. The van der Waals surface area contributed by atoms with E-state index in [-0.39, 0.29) is 12.7 Å². The zero-order valence-electron chi connectivity index (χ0n) is 16.1. The molecule has 0 atom stereocenters. The van der Waals surface area contributed by atoms with Gasteiger partial charge in [0.1, 0.15) is 0 Å². The second kappa shape index (κ2) is 8.00. The summed E-state index contributed by atoms with van der Waals surface area (Å²) in [5.74, 6) is 2.06. The average molecular weight is 410 g/mol. The lowest BCUT2D eigenvalue weighted by atomic mass is 9.97. The molecular weight excluding hydrogens is 386 g/mol. The van der Waals surface area contributed by atoms with Gasteiger partial charge < -0.3 is 14.8 Å². The lowest BCUT2D eigenvalue weighted by molar-refractivity contribution is -0.122. The third-order valence-corrected chi connectivity index (χ3v) is 6.74. The lowest BCUT2D eigenvalue weighted by Gasteiger charge is -2.30. The monoisotopic (exact) mass is 409 g/mol. The van der Waals surface area contributed by atoms with Crippen LogP contribution in [0.25, 0.3) is 10.2 Å². The van der Waals surface area contributed by atoms with Gasteiger partial charge in [-0.1, -0.05) is 18.2 Å². The third-order valence-electron chi connectivity index (χ3n) is 5.54. The Kier molecular flexibility index (Phi) is 5.08. The molecule has 29 heavy (non-hydrogen) atoms. The molecule has 0 bridgehead atoms. The van der Waals surface area contributed by atoms with Crippen molar-refractivity contribution in [3.63, 3.8) is 0 Å². The van der Waals surface area contributed by atoms with Crippen LogP contribution < -0.4 is 14.8 Å². The van der Waals surface area contributed by atoms with Gasteiger partial charge in [-0.3, -0.25) is 9.69 Å². The van der Waals surface area contributed by atoms with E-state index < -0.39 is 0 Å². The van der Waals surface area contributed by atoms with E-state index in [2.05, 4.69) is 28.4 Å². The van der Waals surface area contributed by atoms with Gasteiger partial charge in [-0.2, -0.15) is 0 Å². The highest BCUT2D eigenvalue weighted by molar-refractivity contribution is 7.18. The molecule has 1 saturated heterocycles. The molecule has 7 heteroatoms. The summed E-state index contributed by atoms with van der Waals surface area (Å²) in [7, 11) is 0. The fourth-order valence-electron chi connectivity index (χ4n) is 3.91. The minimum absolute atomic E-state index is 0.0566. The van der Waals surface area contributed by atoms with Crippen molar-refractivity contribution >= 4 is 27.5 Å². The number of likely N-dealkylation sites (tertiary alicyclic amines) is 1. The number of ether oxygens (including phenoxy) is 2. The molecule has 3 heterocycles. The molecule has 6 nitrogen and oxygen atoms in total. The summed E-state index contributed by atoms with van der Waals surface area (Å²) in [5, 5.41) is 4.25. The van der Waals surface area contributed by atoms with Crippen molar-refractivity contribution in [1.82, 2.24) is 15.2 Å². The van der Waals surface area contributed by atoms with Gasteiger partial charge in [-0.25, -0.2) is 4.98 Å². The Morgan fingerprint density at radius 3 is 2.83 bits per heavy atom. The highest BCUT2D eigenvalue weighted by Crippen LogP contribution is 2.34. The summed E-state index contributed by atoms with van der Waals surface area (Å²) in [5.41, 5.74) is 2.11. The highest BCUT2D eigenvalue weighted by Gasteiger charge is 2.24. The number of amides is 1. The van der Waals surface area contributed by atoms with E-state index in [4.69, 9.17) is 14.5 Å². The molecule has 0 saturated carbocycles. The summed E-state index contributed by atoms with van der Waals surface area (Å²) in [6.45, 7) is 3.06. The quantitative estimate of drug-likeness (QED) is 0.699. The number of nitrogens with one attached hydrogen (secondary N) is 1. The van der Waals surface area contributed by atoms with Crippen LogP contribution in [0.1, 0.15) is 29.3 Å². The molecule has 2 aliphatic rings. The van der Waals surface area contributed by atoms with E-state index >= 15 is 0 Å². The van der Waals surface area contributed by atoms with E-state index in [0.717, 1.165) is 48.5 Å². The van der Waals surface area contributed by atoms with Crippen molar-refractivity contribution in [2.75, 3.05) is 26.4 Å². The molecule has 0 aliphatic carbocycles. The van der Waals surface area contributed by atoms with E-state index in [1.807, 2.05) is 24.3 Å². The molecule has 1 N–H and O–H groups in total. The van der Waals surface area contributed by atoms with Gasteiger partial charge in [-0.05, 0) is 55.8 Å². The molecular formula is C22H23N3O3S. The molecule has 0 unspecified atom stereocenters. The summed E-state index contributed by atoms with van der Waals surface area (Å²) in [6, 6.07) is 14.1. The molecule has 3 aromatic rings. The maximum Gasteiger partial charge on any atom is 0.234 e. The highest BCUT2D eigenvalue weighted by atomic mass is 32.1. The van der Waals surface area contributed by atoms with Crippen LogP contribution >= 0.6 is 11.3 Å². The zero-order chi connectivity index (χ0) is 19.6. The molecule has 1 aromatic heterocycles. The molecule has 5 rings (SSSR count). The minimum atomic E-state index is 0.0566. The molecule has 0 spiro atoms. The zero-order valence-corrected chi connectivity index (χ0v) is 16.9. The maximum absolute atomic E-state index is 12.4. The molecule has 2 aliphatic heterocycles. The standard InChI is InChI=1S/C22H23N3O3S/c26-21(23-12-15-5-6-18-19(11-15)28-14-27-18)13-25-9-7-16(8-10-25)22-24-17-3-1-2-4-20(17)29-22/h1-6,11,16H,7-10,12-14H2,(H,23,26). The smallest absolute Gasteiger partial charge is 0.234 e. The van der Waals surface area contributed by atoms with Crippen molar-refractivity contribution < 1.29 is 14.3 Å². The number of para-hydroxylation sites is 1. The second-order valence-corrected chi connectivity index (χ2v) is 8.60. The fourth-order valence-corrected chi connectivity index (χ4v) is 5.05. The topological polar surface area (TPSA) is 63.7 Å². The van der Waals surface area contributed by atoms with Crippen molar-refractivity contribution in [3.05, 3.63) is 53.0 Å². The summed E-state index contributed by atoms with van der Waals surface area (Å²) in [4.78, 5) is 19.4. The van der Waals surface area contributed by atoms with Gasteiger partial charge in [0.2, 0.25) is 12.7 Å². The first kappa shape index (κ1) is 18.4. The van der Waals surface area contributed by atoms with E-state index in [1.165, 1.54) is 9.71 Å². The number of benzene rings is 2. The number of rotatable bonds is 5. The Morgan fingerprint density at radius 1 is 1.14 bits per heavy atom. The van der Waals surface area contributed by atoms with Crippen LogP contribution in [0.4, 0.5) is 0 Å². The largest absolute Gasteiger partial charge is 0.454 e. The van der Waals surface area contributed by atoms with Crippen LogP contribution in [0.5, 0.6) is 11.5 Å².